The van der Waals surface area contributed by atoms with Gasteiger partial charge < -0.3 is 0 Å². The van der Waals surface area contributed by atoms with Crippen molar-refractivity contribution in [2.75, 3.05) is 0 Å². The molecule has 2 heteroatoms. The van der Waals surface area contributed by atoms with Gasteiger partial charge in [0.25, 0.3) is 0 Å². The van der Waals surface area contributed by atoms with Crippen molar-refractivity contribution in [3.63, 3.8) is 0 Å². The Kier molecular flexibility index (Phi) is 1.54. The number of thiophene rings is 1. The summed E-state index contributed by atoms with van der Waals surface area (Å²) < 4.78 is 0. The predicted octanol–water partition coefficient (Wildman–Crippen LogP) is 1.97. The zero-order chi connectivity index (χ0) is 5.11. The fourth-order valence-corrected chi connectivity index (χ4v) is 1.06. The predicted molar refractivity (Wildman–Crippen MR) is 36.0 cm³/mol. The normalized spacial score (nSPS) is 8.57. The average molecular weight is 127 g/mol. The number of rotatable bonds is 1. The summed E-state index contributed by atoms with van der Waals surface area (Å²) in [7, 11) is 0. The second-order valence-electron chi connectivity index (χ2n) is 1.08. The van der Waals surface area contributed by atoms with Gasteiger partial charge in [-0.15, -0.1) is 11.3 Å². The third kappa shape index (κ3) is 1.08. The van der Waals surface area contributed by atoms with Crippen molar-refractivity contribution in [2.45, 2.75) is 0 Å². The molecule has 0 saturated heterocycles. The third-order valence-corrected chi connectivity index (χ3v) is 1.76. The molecular weight excluding hydrogens is 124 g/mol. The lowest BCUT2D eigenvalue weighted by Gasteiger charge is -1.67. The highest BCUT2D eigenvalue weighted by Gasteiger charge is 1.81. The molecule has 0 spiro atoms. The van der Waals surface area contributed by atoms with Gasteiger partial charge in [-0.1, -0.05) is 18.3 Å². The van der Waals surface area contributed by atoms with Gasteiger partial charge >= 0.3 is 0 Å². The van der Waals surface area contributed by atoms with Crippen molar-refractivity contribution in [1.29, 1.82) is 0 Å². The minimum Gasteiger partial charge on any atom is -0.143 e. The molecule has 0 amide bonds. The van der Waals surface area contributed by atoms with Crippen LogP contribution in [0.25, 0.3) is 0 Å². The number of thiocarbonyl (C=S) groups is 1. The number of hydrogen-bond donors (Lipinski definition) is 0. The van der Waals surface area contributed by atoms with Gasteiger partial charge in [0.05, 0.1) is 5.37 Å². The van der Waals surface area contributed by atoms with E-state index in [0.717, 1.165) is 4.88 Å². The largest absolute Gasteiger partial charge is 0.143 e. The summed E-state index contributed by atoms with van der Waals surface area (Å²) in [5, 5.41) is 4.59. The van der Waals surface area contributed by atoms with Crippen LogP contribution in [-0.2, 0) is 0 Å². The maximum Gasteiger partial charge on any atom is 0.0744 e. The van der Waals surface area contributed by atoms with Gasteiger partial charge in [-0.2, -0.15) is 0 Å². The molecule has 0 aliphatic carbocycles. The Bertz CT molecular complexity index is 141. The van der Waals surface area contributed by atoms with E-state index in [1.165, 1.54) is 0 Å². The lowest BCUT2D eigenvalue weighted by molar-refractivity contribution is 2.00. The summed E-state index contributed by atoms with van der Waals surface area (Å²) in [5.74, 6) is 0. The van der Waals surface area contributed by atoms with Gasteiger partial charge in [-0.25, -0.2) is 0 Å². The molecule has 1 aromatic heterocycles. The van der Waals surface area contributed by atoms with Gasteiger partial charge in [0, 0.05) is 4.88 Å². The van der Waals surface area contributed by atoms with E-state index in [0.29, 0.717) is 0 Å². The summed E-state index contributed by atoms with van der Waals surface area (Å²) in [6, 6.07) is 3.90. The van der Waals surface area contributed by atoms with Crippen LogP contribution in [-0.4, -0.2) is 5.37 Å². The topological polar surface area (TPSA) is 0 Å². The second-order valence-corrected chi connectivity index (χ2v) is 2.23. The lowest BCUT2D eigenvalue weighted by atomic mass is 10.5. The molecule has 0 aliphatic rings. The smallest absolute Gasteiger partial charge is 0.0744 e. The molecule has 35 valence electrons. The highest BCUT2D eigenvalue weighted by Crippen LogP contribution is 2.03. The van der Waals surface area contributed by atoms with Crippen molar-refractivity contribution < 1.29 is 0 Å². The molecule has 0 atom stereocenters. The lowest BCUT2D eigenvalue weighted by Crippen LogP contribution is -1.58. The zero-order valence-electron chi connectivity index (χ0n) is 3.55. The molecule has 0 fully saturated rings. The van der Waals surface area contributed by atoms with Crippen LogP contribution in [0.1, 0.15) is 4.88 Å². The number of hydrogen-bond acceptors (Lipinski definition) is 2. The average Bonchev–Trinajstić information content (AvgIpc) is 2.14. The summed E-state index contributed by atoms with van der Waals surface area (Å²) in [4.78, 5) is 1.04. The molecule has 0 bridgehead atoms. The Hall–Kier alpha value is -0.210. The molecule has 0 aliphatic heterocycles. The monoisotopic (exact) mass is 127 g/mol. The molecule has 7 heavy (non-hydrogen) atoms. The quantitative estimate of drug-likeness (QED) is 0.520. The third-order valence-electron chi connectivity index (χ3n) is 0.622. The SMILES string of the molecule is S=[C]c1cccs1. The van der Waals surface area contributed by atoms with Crippen molar-refractivity contribution in [3.05, 3.63) is 22.4 Å². The van der Waals surface area contributed by atoms with Crippen LogP contribution in [0.15, 0.2) is 17.5 Å². The van der Waals surface area contributed by atoms with Gasteiger partial charge in [-0.3, -0.25) is 0 Å². The minimum absolute atomic E-state index is 1.04. The Morgan fingerprint density at radius 1 is 1.71 bits per heavy atom. The summed E-state index contributed by atoms with van der Waals surface area (Å²) in [5.41, 5.74) is 0. The van der Waals surface area contributed by atoms with Gasteiger partial charge in [-0.05, 0) is 11.4 Å². The molecule has 0 aromatic carbocycles. The van der Waals surface area contributed by atoms with E-state index in [9.17, 15) is 0 Å². The van der Waals surface area contributed by atoms with E-state index in [4.69, 9.17) is 0 Å². The van der Waals surface area contributed by atoms with Gasteiger partial charge in [0.1, 0.15) is 0 Å². The van der Waals surface area contributed by atoms with Crippen LogP contribution in [0, 0.1) is 0 Å². The van der Waals surface area contributed by atoms with Crippen LogP contribution in [0.4, 0.5) is 0 Å². The first kappa shape index (κ1) is 4.94. The zero-order valence-corrected chi connectivity index (χ0v) is 5.18. The van der Waals surface area contributed by atoms with Crippen LogP contribution in [0.5, 0.6) is 0 Å². The Morgan fingerprint density at radius 3 is 2.86 bits per heavy atom. The standard InChI is InChI=1S/C5H3S2/c6-4-5-2-1-3-7-5/h1-3H. The van der Waals surface area contributed by atoms with Crippen LogP contribution >= 0.6 is 23.6 Å². The van der Waals surface area contributed by atoms with E-state index in [1.807, 2.05) is 17.5 Å². The van der Waals surface area contributed by atoms with Crippen LogP contribution in [0.2, 0.25) is 0 Å². The first-order chi connectivity index (χ1) is 3.43. The maximum atomic E-state index is 4.53. The van der Waals surface area contributed by atoms with Crippen molar-refractivity contribution in [3.8, 4) is 0 Å². The van der Waals surface area contributed by atoms with E-state index >= 15 is 0 Å². The Balaban J connectivity index is 2.96. The molecule has 1 heterocycles. The highest BCUT2D eigenvalue weighted by atomic mass is 32.1. The fourth-order valence-electron chi connectivity index (χ4n) is 0.337. The van der Waals surface area contributed by atoms with E-state index in [2.05, 4.69) is 17.6 Å². The fraction of sp³-hybridized carbons (Fsp3) is 0. The molecule has 0 nitrogen and oxygen atoms in total. The molecule has 1 rings (SSSR count). The van der Waals surface area contributed by atoms with E-state index in [1.54, 1.807) is 11.3 Å². The van der Waals surface area contributed by atoms with Crippen molar-refractivity contribution in [1.82, 2.24) is 0 Å². The van der Waals surface area contributed by atoms with Crippen molar-refractivity contribution in [2.24, 2.45) is 0 Å². The molecule has 0 unspecified atom stereocenters. The van der Waals surface area contributed by atoms with Crippen LogP contribution in [0.3, 0.4) is 0 Å². The maximum absolute atomic E-state index is 4.53. The van der Waals surface area contributed by atoms with E-state index in [-0.39, 0.29) is 0 Å². The Labute approximate surface area is 51.8 Å². The summed E-state index contributed by atoms with van der Waals surface area (Å²) in [6.07, 6.45) is 0. The first-order valence-corrected chi connectivity index (χ1v) is 3.14. The molecule has 0 saturated carbocycles. The van der Waals surface area contributed by atoms with Crippen LogP contribution < -0.4 is 0 Å². The molecule has 0 N–H and O–H groups in total. The Morgan fingerprint density at radius 2 is 2.57 bits per heavy atom. The van der Waals surface area contributed by atoms with Crippen molar-refractivity contribution >= 4 is 28.9 Å². The summed E-state index contributed by atoms with van der Waals surface area (Å²) in [6.45, 7) is 0. The molecule has 1 aromatic rings. The first-order valence-electron chi connectivity index (χ1n) is 1.85. The highest BCUT2D eigenvalue weighted by molar-refractivity contribution is 7.79. The summed E-state index contributed by atoms with van der Waals surface area (Å²) >= 11 is 6.14. The van der Waals surface area contributed by atoms with Gasteiger partial charge in [0.2, 0.25) is 0 Å². The van der Waals surface area contributed by atoms with Gasteiger partial charge in [0.15, 0.2) is 0 Å². The molecular formula is C5H3S2. The second kappa shape index (κ2) is 2.19. The minimum atomic E-state index is 1.04. The van der Waals surface area contributed by atoms with E-state index < -0.39 is 0 Å². The molecule has 1 radical (unpaired) electrons.